The van der Waals surface area contributed by atoms with Crippen LogP contribution >= 0.6 is 11.6 Å². The van der Waals surface area contributed by atoms with Gasteiger partial charge >= 0.3 is 6.09 Å². The van der Waals surface area contributed by atoms with Crippen LogP contribution in [0.1, 0.15) is 23.0 Å². The maximum Gasteiger partial charge on any atom is 0.409 e. The molecule has 0 saturated carbocycles. The van der Waals surface area contributed by atoms with E-state index in [2.05, 4.69) is 4.98 Å². The topological polar surface area (TPSA) is 62.7 Å². The molecule has 0 N–H and O–H groups in total. The van der Waals surface area contributed by atoms with Gasteiger partial charge in [0.05, 0.1) is 17.2 Å². The van der Waals surface area contributed by atoms with Crippen molar-refractivity contribution >= 4 is 23.6 Å². The number of hydrogen-bond acceptors (Lipinski definition) is 4. The minimum Gasteiger partial charge on any atom is -0.450 e. The van der Waals surface area contributed by atoms with Gasteiger partial charge in [0.15, 0.2) is 0 Å². The standard InChI is InChI=1S/C14H18ClN3O3/c1-3-21-14(20)18-6-4-17(5-7-18)13(19)11-9-16-10(2)8-12(11)15/h8-9H,3-7H2,1-2H3. The molecular weight excluding hydrogens is 294 g/mol. The van der Waals surface area contributed by atoms with Crippen LogP contribution in [-0.4, -0.2) is 59.6 Å². The summed E-state index contributed by atoms with van der Waals surface area (Å²) in [6, 6.07) is 1.67. The smallest absolute Gasteiger partial charge is 0.409 e. The van der Waals surface area contributed by atoms with Crippen molar-refractivity contribution in [1.82, 2.24) is 14.8 Å². The molecule has 0 atom stereocenters. The van der Waals surface area contributed by atoms with Crippen molar-refractivity contribution in [2.75, 3.05) is 32.8 Å². The minimum atomic E-state index is -0.334. The molecule has 0 aliphatic carbocycles. The van der Waals surface area contributed by atoms with E-state index >= 15 is 0 Å². The van der Waals surface area contributed by atoms with Crippen molar-refractivity contribution in [3.05, 3.63) is 28.5 Å². The Labute approximate surface area is 128 Å². The highest BCUT2D eigenvalue weighted by atomic mass is 35.5. The second-order valence-electron chi connectivity index (χ2n) is 4.78. The summed E-state index contributed by atoms with van der Waals surface area (Å²) >= 11 is 6.09. The number of rotatable bonds is 2. The van der Waals surface area contributed by atoms with Gasteiger partial charge in [-0.3, -0.25) is 9.78 Å². The molecule has 1 aliphatic heterocycles. The molecule has 7 heteroatoms. The van der Waals surface area contributed by atoms with Crippen LogP contribution in [0.25, 0.3) is 0 Å². The molecule has 21 heavy (non-hydrogen) atoms. The first kappa shape index (κ1) is 15.6. The van der Waals surface area contributed by atoms with Gasteiger partial charge in [-0.1, -0.05) is 11.6 Å². The fraction of sp³-hybridized carbons (Fsp3) is 0.500. The number of ether oxygens (including phenoxy) is 1. The summed E-state index contributed by atoms with van der Waals surface area (Å²) in [4.78, 5) is 31.4. The van der Waals surface area contributed by atoms with Gasteiger partial charge in [0.25, 0.3) is 5.91 Å². The third kappa shape index (κ3) is 3.64. The van der Waals surface area contributed by atoms with Crippen LogP contribution in [0, 0.1) is 6.92 Å². The van der Waals surface area contributed by atoms with Gasteiger partial charge < -0.3 is 14.5 Å². The van der Waals surface area contributed by atoms with E-state index in [1.54, 1.807) is 22.8 Å². The molecular formula is C14H18ClN3O3. The van der Waals surface area contributed by atoms with Crippen LogP contribution < -0.4 is 0 Å². The van der Waals surface area contributed by atoms with E-state index in [4.69, 9.17) is 16.3 Å². The molecule has 0 bridgehead atoms. The molecule has 0 spiro atoms. The molecule has 1 aliphatic rings. The van der Waals surface area contributed by atoms with E-state index in [0.29, 0.717) is 43.4 Å². The van der Waals surface area contributed by atoms with Gasteiger partial charge in [0.2, 0.25) is 0 Å². The van der Waals surface area contributed by atoms with Crippen LogP contribution in [0.2, 0.25) is 5.02 Å². The van der Waals surface area contributed by atoms with Crippen molar-refractivity contribution in [2.24, 2.45) is 0 Å². The Morgan fingerprint density at radius 2 is 1.90 bits per heavy atom. The molecule has 2 rings (SSSR count). The quantitative estimate of drug-likeness (QED) is 0.837. The van der Waals surface area contributed by atoms with Crippen LogP contribution in [-0.2, 0) is 4.74 Å². The second kappa shape index (κ2) is 6.76. The predicted octanol–water partition coefficient (Wildman–Crippen LogP) is 1.96. The number of hydrogen-bond donors (Lipinski definition) is 0. The van der Waals surface area contributed by atoms with Gasteiger partial charge in [-0.05, 0) is 19.9 Å². The molecule has 0 unspecified atom stereocenters. The van der Waals surface area contributed by atoms with E-state index in [1.807, 2.05) is 6.92 Å². The van der Waals surface area contributed by atoms with Crippen molar-refractivity contribution in [1.29, 1.82) is 0 Å². The summed E-state index contributed by atoms with van der Waals surface area (Å²) in [6.45, 7) is 5.78. The number of amides is 2. The van der Waals surface area contributed by atoms with Gasteiger partial charge in [0, 0.05) is 38.1 Å². The molecule has 0 aromatic carbocycles. The lowest BCUT2D eigenvalue weighted by Gasteiger charge is -2.34. The highest BCUT2D eigenvalue weighted by molar-refractivity contribution is 6.33. The van der Waals surface area contributed by atoms with Crippen molar-refractivity contribution in [2.45, 2.75) is 13.8 Å². The fourth-order valence-corrected chi connectivity index (χ4v) is 2.45. The maximum absolute atomic E-state index is 12.4. The molecule has 1 fully saturated rings. The zero-order valence-electron chi connectivity index (χ0n) is 12.1. The Balaban J connectivity index is 1.98. The summed E-state index contributed by atoms with van der Waals surface area (Å²) in [5.41, 5.74) is 1.16. The van der Waals surface area contributed by atoms with Crippen molar-refractivity contribution < 1.29 is 14.3 Å². The lowest BCUT2D eigenvalue weighted by molar-refractivity contribution is 0.0570. The number of carbonyl (C=O) groups is 2. The van der Waals surface area contributed by atoms with Gasteiger partial charge in [-0.2, -0.15) is 0 Å². The average Bonchev–Trinajstić information content (AvgIpc) is 2.47. The number of carbonyl (C=O) groups excluding carboxylic acids is 2. The maximum atomic E-state index is 12.4. The van der Waals surface area contributed by atoms with Crippen LogP contribution in [0.4, 0.5) is 4.79 Å². The summed E-state index contributed by atoms with van der Waals surface area (Å²) in [5.74, 6) is -0.156. The predicted molar refractivity (Wildman–Crippen MR) is 78.5 cm³/mol. The number of aromatic nitrogens is 1. The zero-order valence-corrected chi connectivity index (χ0v) is 12.9. The lowest BCUT2D eigenvalue weighted by atomic mass is 10.2. The Kier molecular flexibility index (Phi) is 5.01. The second-order valence-corrected chi connectivity index (χ2v) is 5.19. The zero-order chi connectivity index (χ0) is 15.4. The van der Waals surface area contributed by atoms with E-state index in [0.717, 1.165) is 5.69 Å². The fourth-order valence-electron chi connectivity index (χ4n) is 2.16. The van der Waals surface area contributed by atoms with Crippen LogP contribution in [0.5, 0.6) is 0 Å². The first-order chi connectivity index (χ1) is 10.0. The third-order valence-electron chi connectivity index (χ3n) is 3.31. The third-order valence-corrected chi connectivity index (χ3v) is 3.63. The molecule has 1 aromatic rings. The number of halogens is 1. The minimum absolute atomic E-state index is 0.156. The summed E-state index contributed by atoms with van der Waals surface area (Å²) in [7, 11) is 0. The van der Waals surface area contributed by atoms with E-state index in [9.17, 15) is 9.59 Å². The number of pyridine rings is 1. The summed E-state index contributed by atoms with van der Waals surface area (Å²) in [6.07, 6.45) is 1.16. The Morgan fingerprint density at radius 1 is 1.29 bits per heavy atom. The number of aryl methyl sites for hydroxylation is 1. The van der Waals surface area contributed by atoms with E-state index in [-0.39, 0.29) is 12.0 Å². The Hall–Kier alpha value is -1.82. The number of nitrogens with zero attached hydrogens (tertiary/aromatic N) is 3. The molecule has 6 nitrogen and oxygen atoms in total. The molecule has 1 aromatic heterocycles. The highest BCUT2D eigenvalue weighted by Crippen LogP contribution is 2.18. The van der Waals surface area contributed by atoms with Gasteiger partial charge in [-0.15, -0.1) is 0 Å². The molecule has 0 radical (unpaired) electrons. The van der Waals surface area contributed by atoms with E-state index in [1.165, 1.54) is 6.20 Å². The molecule has 114 valence electrons. The molecule has 2 heterocycles. The van der Waals surface area contributed by atoms with E-state index < -0.39 is 0 Å². The lowest BCUT2D eigenvalue weighted by Crippen LogP contribution is -2.50. The van der Waals surface area contributed by atoms with Crippen LogP contribution in [0.15, 0.2) is 12.3 Å². The van der Waals surface area contributed by atoms with Crippen molar-refractivity contribution in [3.8, 4) is 0 Å². The SMILES string of the molecule is CCOC(=O)N1CCN(C(=O)c2cnc(C)cc2Cl)CC1. The number of piperazine rings is 1. The Bertz CT molecular complexity index is 542. The molecule has 2 amide bonds. The summed E-state index contributed by atoms with van der Waals surface area (Å²) < 4.78 is 4.95. The van der Waals surface area contributed by atoms with Crippen molar-refractivity contribution in [3.63, 3.8) is 0 Å². The highest BCUT2D eigenvalue weighted by Gasteiger charge is 2.26. The normalized spacial score (nSPS) is 15.0. The summed E-state index contributed by atoms with van der Waals surface area (Å²) in [5, 5.41) is 0.403. The molecule has 1 saturated heterocycles. The van der Waals surface area contributed by atoms with Crippen LogP contribution in [0.3, 0.4) is 0 Å². The first-order valence-electron chi connectivity index (χ1n) is 6.86. The Morgan fingerprint density at radius 3 is 2.48 bits per heavy atom. The average molecular weight is 312 g/mol. The largest absolute Gasteiger partial charge is 0.450 e. The van der Waals surface area contributed by atoms with Gasteiger partial charge in [-0.25, -0.2) is 4.79 Å². The van der Waals surface area contributed by atoms with Gasteiger partial charge in [0.1, 0.15) is 0 Å². The monoisotopic (exact) mass is 311 g/mol. The first-order valence-corrected chi connectivity index (χ1v) is 7.24.